The third kappa shape index (κ3) is 3.96. The predicted molar refractivity (Wildman–Crippen MR) is 127 cm³/mol. The molecule has 0 aliphatic heterocycles. The van der Waals surface area contributed by atoms with E-state index in [2.05, 4.69) is 26.9 Å². The number of amides is 2. The molecule has 1 aromatic heterocycles. The fraction of sp³-hybridized carbons (Fsp3) is 0.115. The Kier molecular flexibility index (Phi) is 5.36. The smallest absolute Gasteiger partial charge is 0.273 e. The number of H-pyrrole nitrogens is 1. The van der Waals surface area contributed by atoms with E-state index in [-0.39, 0.29) is 11.8 Å². The highest BCUT2D eigenvalue weighted by molar-refractivity contribution is 6.07. The molecule has 7 nitrogen and oxygen atoms in total. The van der Waals surface area contributed by atoms with Gasteiger partial charge in [0.2, 0.25) is 0 Å². The number of rotatable bonds is 5. The normalized spacial score (nSPS) is 11.8. The number of fused-ring (bicyclic) bond motifs is 3. The number of methoxy groups -OCH3 is 1. The molecule has 0 atom stereocenters. The number of hydrogen-bond acceptors (Lipinski definition) is 4. The van der Waals surface area contributed by atoms with Crippen LogP contribution in [0.1, 0.15) is 32.0 Å². The molecule has 2 amide bonds. The molecule has 3 aromatic carbocycles. The second kappa shape index (κ2) is 8.63. The zero-order chi connectivity index (χ0) is 22.8. The van der Waals surface area contributed by atoms with Gasteiger partial charge in [0.1, 0.15) is 11.4 Å². The SMILES string of the molecule is COc1ccc(NC(=O)c2[nH]nc3c2CCc2ccccc2-3)cc1NC(=O)c1ccccc1. The van der Waals surface area contributed by atoms with Crippen molar-refractivity contribution in [3.63, 3.8) is 0 Å². The second-order valence-corrected chi connectivity index (χ2v) is 7.77. The molecule has 1 aliphatic rings. The summed E-state index contributed by atoms with van der Waals surface area (Å²) in [5.41, 5.74) is 6.00. The lowest BCUT2D eigenvalue weighted by molar-refractivity contribution is 0.101. The van der Waals surface area contributed by atoms with Crippen molar-refractivity contribution in [1.82, 2.24) is 10.2 Å². The lowest BCUT2D eigenvalue weighted by Gasteiger charge is -2.16. The summed E-state index contributed by atoms with van der Waals surface area (Å²) in [6.07, 6.45) is 1.60. The zero-order valence-corrected chi connectivity index (χ0v) is 18.0. The van der Waals surface area contributed by atoms with Crippen LogP contribution < -0.4 is 15.4 Å². The Morgan fingerprint density at radius 2 is 1.70 bits per heavy atom. The second-order valence-electron chi connectivity index (χ2n) is 7.77. The van der Waals surface area contributed by atoms with E-state index in [0.29, 0.717) is 28.4 Å². The van der Waals surface area contributed by atoms with Crippen LogP contribution in [0.4, 0.5) is 11.4 Å². The molecule has 33 heavy (non-hydrogen) atoms. The number of aromatic nitrogens is 2. The van der Waals surface area contributed by atoms with Crippen LogP contribution in [0.25, 0.3) is 11.3 Å². The first kappa shape index (κ1) is 20.5. The van der Waals surface area contributed by atoms with Crippen molar-refractivity contribution in [3.8, 4) is 17.0 Å². The monoisotopic (exact) mass is 438 g/mol. The van der Waals surface area contributed by atoms with Gasteiger partial charge in [0, 0.05) is 22.4 Å². The van der Waals surface area contributed by atoms with E-state index in [9.17, 15) is 9.59 Å². The molecule has 3 N–H and O–H groups in total. The standard InChI is InChI=1S/C26H22N4O3/c1-33-22-14-12-18(15-21(22)28-25(31)17-8-3-2-4-9-17)27-26(32)24-20-13-11-16-7-5-6-10-19(16)23(20)29-30-24/h2-10,12,14-15H,11,13H2,1H3,(H,27,32)(H,28,31)(H,29,30). The van der Waals surface area contributed by atoms with E-state index >= 15 is 0 Å². The van der Waals surface area contributed by atoms with Crippen molar-refractivity contribution in [1.29, 1.82) is 0 Å². The van der Waals surface area contributed by atoms with Gasteiger partial charge in [0.25, 0.3) is 11.8 Å². The van der Waals surface area contributed by atoms with Crippen molar-refractivity contribution in [2.75, 3.05) is 17.7 Å². The van der Waals surface area contributed by atoms with E-state index in [1.165, 1.54) is 12.7 Å². The molecule has 4 aromatic rings. The van der Waals surface area contributed by atoms with Crippen LogP contribution in [-0.4, -0.2) is 29.1 Å². The van der Waals surface area contributed by atoms with Crippen molar-refractivity contribution in [3.05, 3.63) is 95.2 Å². The van der Waals surface area contributed by atoms with Crippen LogP contribution in [0, 0.1) is 0 Å². The first-order valence-corrected chi connectivity index (χ1v) is 10.7. The number of carbonyl (C=O) groups excluding carboxylic acids is 2. The van der Waals surface area contributed by atoms with Gasteiger partial charge in [0.05, 0.1) is 18.5 Å². The minimum absolute atomic E-state index is 0.265. The maximum Gasteiger partial charge on any atom is 0.273 e. The molecule has 0 unspecified atom stereocenters. The molecular weight excluding hydrogens is 416 g/mol. The van der Waals surface area contributed by atoms with E-state index in [4.69, 9.17) is 4.74 Å². The number of nitrogens with zero attached hydrogens (tertiary/aromatic N) is 1. The van der Waals surface area contributed by atoms with Crippen LogP contribution in [0.5, 0.6) is 5.75 Å². The molecule has 0 radical (unpaired) electrons. The Morgan fingerprint density at radius 3 is 2.52 bits per heavy atom. The summed E-state index contributed by atoms with van der Waals surface area (Å²) in [6, 6.07) is 22.1. The third-order valence-corrected chi connectivity index (χ3v) is 5.75. The van der Waals surface area contributed by atoms with Crippen molar-refractivity contribution >= 4 is 23.2 Å². The quantitative estimate of drug-likeness (QED) is 0.421. The summed E-state index contributed by atoms with van der Waals surface area (Å²) >= 11 is 0. The minimum atomic E-state index is -0.284. The van der Waals surface area contributed by atoms with Gasteiger partial charge in [-0.3, -0.25) is 14.7 Å². The average molecular weight is 438 g/mol. The van der Waals surface area contributed by atoms with Crippen LogP contribution in [0.3, 0.4) is 0 Å². The highest BCUT2D eigenvalue weighted by Gasteiger charge is 2.25. The van der Waals surface area contributed by atoms with E-state index in [0.717, 1.165) is 29.7 Å². The summed E-state index contributed by atoms with van der Waals surface area (Å²) in [5.74, 6) is -0.0554. The van der Waals surface area contributed by atoms with E-state index < -0.39 is 0 Å². The summed E-state index contributed by atoms with van der Waals surface area (Å²) < 4.78 is 5.38. The molecule has 1 aliphatic carbocycles. The lowest BCUT2D eigenvalue weighted by atomic mass is 9.89. The highest BCUT2D eigenvalue weighted by Crippen LogP contribution is 2.34. The van der Waals surface area contributed by atoms with Crippen molar-refractivity contribution in [2.24, 2.45) is 0 Å². The van der Waals surface area contributed by atoms with Gasteiger partial charge >= 0.3 is 0 Å². The predicted octanol–water partition coefficient (Wildman–Crippen LogP) is 4.69. The molecule has 0 fully saturated rings. The van der Waals surface area contributed by atoms with Gasteiger partial charge in [-0.05, 0) is 48.7 Å². The number of benzene rings is 3. The maximum absolute atomic E-state index is 13.1. The number of carbonyl (C=O) groups is 2. The van der Waals surface area contributed by atoms with Crippen LogP contribution >= 0.6 is 0 Å². The largest absolute Gasteiger partial charge is 0.495 e. The Labute approximate surface area is 190 Å². The molecule has 0 saturated heterocycles. The molecule has 0 spiro atoms. The van der Waals surface area contributed by atoms with E-state index in [1.54, 1.807) is 42.5 Å². The first-order valence-electron chi connectivity index (χ1n) is 10.7. The van der Waals surface area contributed by atoms with Crippen LogP contribution in [0.2, 0.25) is 0 Å². The van der Waals surface area contributed by atoms with Gasteiger partial charge < -0.3 is 15.4 Å². The number of aromatic amines is 1. The molecule has 0 saturated carbocycles. The number of ether oxygens (including phenoxy) is 1. The Hall–Kier alpha value is -4.39. The molecule has 164 valence electrons. The molecular formula is C26H22N4O3. The highest BCUT2D eigenvalue weighted by atomic mass is 16.5. The van der Waals surface area contributed by atoms with Crippen molar-refractivity contribution in [2.45, 2.75) is 12.8 Å². The maximum atomic E-state index is 13.1. The van der Waals surface area contributed by atoms with Gasteiger partial charge in [-0.15, -0.1) is 0 Å². The molecule has 0 bridgehead atoms. The minimum Gasteiger partial charge on any atom is -0.495 e. The summed E-state index contributed by atoms with van der Waals surface area (Å²) in [4.78, 5) is 25.7. The number of aryl methyl sites for hydroxylation is 1. The number of anilines is 2. The average Bonchev–Trinajstić information content (AvgIpc) is 3.30. The first-order chi connectivity index (χ1) is 16.1. The fourth-order valence-electron chi connectivity index (χ4n) is 4.11. The Balaban J connectivity index is 1.38. The molecule has 1 heterocycles. The lowest BCUT2D eigenvalue weighted by Crippen LogP contribution is -2.17. The zero-order valence-electron chi connectivity index (χ0n) is 18.0. The number of hydrogen-bond donors (Lipinski definition) is 3. The topological polar surface area (TPSA) is 96.1 Å². The Morgan fingerprint density at radius 1 is 0.909 bits per heavy atom. The van der Waals surface area contributed by atoms with Crippen molar-refractivity contribution < 1.29 is 14.3 Å². The van der Waals surface area contributed by atoms with Gasteiger partial charge in [-0.1, -0.05) is 42.5 Å². The van der Waals surface area contributed by atoms with E-state index in [1.807, 2.05) is 24.3 Å². The summed E-state index contributed by atoms with van der Waals surface area (Å²) in [7, 11) is 1.53. The Bertz CT molecular complexity index is 1340. The summed E-state index contributed by atoms with van der Waals surface area (Å²) in [5, 5.41) is 13.1. The molecule has 7 heteroatoms. The fourth-order valence-corrected chi connectivity index (χ4v) is 4.11. The van der Waals surface area contributed by atoms with Gasteiger partial charge in [-0.25, -0.2) is 0 Å². The van der Waals surface area contributed by atoms with Crippen LogP contribution in [-0.2, 0) is 12.8 Å². The summed E-state index contributed by atoms with van der Waals surface area (Å²) in [6.45, 7) is 0. The molecule has 5 rings (SSSR count). The van der Waals surface area contributed by atoms with Gasteiger partial charge in [-0.2, -0.15) is 5.10 Å². The third-order valence-electron chi connectivity index (χ3n) is 5.75. The van der Waals surface area contributed by atoms with Gasteiger partial charge in [0.15, 0.2) is 0 Å². The van der Waals surface area contributed by atoms with Crippen LogP contribution in [0.15, 0.2) is 72.8 Å². The number of nitrogens with one attached hydrogen (secondary N) is 3.